The molecule has 0 aliphatic carbocycles. The Bertz CT molecular complexity index is 461. The normalized spacial score (nSPS) is 23.6. The van der Waals surface area contributed by atoms with E-state index in [9.17, 15) is 4.79 Å². The van der Waals surface area contributed by atoms with Crippen LogP contribution < -0.4 is 16.4 Å². The molecule has 0 radical (unpaired) electrons. The van der Waals surface area contributed by atoms with Gasteiger partial charge >= 0.3 is 0 Å². The molecule has 0 saturated carbocycles. The first-order valence-electron chi connectivity index (χ1n) is 7.45. The van der Waals surface area contributed by atoms with Crippen molar-refractivity contribution in [1.82, 2.24) is 10.6 Å². The first-order chi connectivity index (χ1) is 10.1. The van der Waals surface area contributed by atoms with Crippen molar-refractivity contribution >= 4 is 5.91 Å². The number of carbonyl (C=O) groups excluding carboxylic acids is 1. The van der Waals surface area contributed by atoms with E-state index in [-0.39, 0.29) is 24.0 Å². The second-order valence-electron chi connectivity index (χ2n) is 5.64. The van der Waals surface area contributed by atoms with Gasteiger partial charge in [-0.05, 0) is 25.5 Å². The molecule has 1 amide bonds. The van der Waals surface area contributed by atoms with Gasteiger partial charge in [0.05, 0.1) is 12.0 Å². The predicted molar refractivity (Wildman–Crippen MR) is 82.9 cm³/mol. The van der Waals surface area contributed by atoms with Crippen LogP contribution in [0.15, 0.2) is 24.3 Å². The van der Waals surface area contributed by atoms with Crippen molar-refractivity contribution in [3.05, 3.63) is 35.4 Å². The third-order valence-corrected chi connectivity index (χ3v) is 4.06. The highest BCUT2D eigenvalue weighted by Crippen LogP contribution is 2.15. The minimum absolute atomic E-state index is 0.0108. The van der Waals surface area contributed by atoms with Gasteiger partial charge in [0.1, 0.15) is 0 Å². The zero-order valence-electron chi connectivity index (χ0n) is 12.8. The van der Waals surface area contributed by atoms with Crippen LogP contribution in [-0.4, -0.2) is 38.8 Å². The molecule has 0 bridgehead atoms. The molecule has 5 heteroatoms. The fraction of sp³-hybridized carbons (Fsp3) is 0.562. The number of nitrogens with two attached hydrogens (primary N) is 1. The number of piperidine rings is 1. The maximum Gasteiger partial charge on any atom is 0.227 e. The Labute approximate surface area is 126 Å². The lowest BCUT2D eigenvalue weighted by Gasteiger charge is -2.30. The lowest BCUT2D eigenvalue weighted by atomic mass is 9.95. The van der Waals surface area contributed by atoms with E-state index in [1.165, 1.54) is 5.56 Å². The molecule has 1 fully saturated rings. The maximum absolute atomic E-state index is 12.3. The number of rotatable bonds is 5. The number of carbonyl (C=O) groups is 1. The predicted octanol–water partition coefficient (Wildman–Crippen LogP) is 0.736. The van der Waals surface area contributed by atoms with Crippen molar-refractivity contribution in [2.75, 3.05) is 26.7 Å². The van der Waals surface area contributed by atoms with Crippen molar-refractivity contribution in [3.63, 3.8) is 0 Å². The molecule has 2 rings (SSSR count). The van der Waals surface area contributed by atoms with E-state index in [4.69, 9.17) is 10.5 Å². The van der Waals surface area contributed by atoms with Gasteiger partial charge in [0, 0.05) is 26.2 Å². The van der Waals surface area contributed by atoms with Gasteiger partial charge in [-0.2, -0.15) is 0 Å². The molecule has 1 heterocycles. The van der Waals surface area contributed by atoms with E-state index in [0.29, 0.717) is 13.1 Å². The van der Waals surface area contributed by atoms with Gasteiger partial charge in [0.25, 0.3) is 0 Å². The van der Waals surface area contributed by atoms with Crippen LogP contribution in [0.2, 0.25) is 0 Å². The summed E-state index contributed by atoms with van der Waals surface area (Å²) in [6.45, 7) is 4.03. The van der Waals surface area contributed by atoms with Crippen molar-refractivity contribution in [1.29, 1.82) is 0 Å². The fourth-order valence-electron chi connectivity index (χ4n) is 2.65. The third kappa shape index (κ3) is 4.27. The van der Waals surface area contributed by atoms with Gasteiger partial charge in [-0.25, -0.2) is 0 Å². The number of methoxy groups -OCH3 is 1. The Hall–Kier alpha value is -1.43. The molecule has 116 valence electrons. The summed E-state index contributed by atoms with van der Waals surface area (Å²) in [4.78, 5) is 12.3. The summed E-state index contributed by atoms with van der Waals surface area (Å²) >= 11 is 0. The van der Waals surface area contributed by atoms with Crippen LogP contribution >= 0.6 is 0 Å². The molecule has 0 spiro atoms. The molecule has 1 aliphatic heterocycles. The number of amides is 1. The summed E-state index contributed by atoms with van der Waals surface area (Å²) in [5.41, 5.74) is 8.36. The highest BCUT2D eigenvalue weighted by molar-refractivity contribution is 5.79. The number of aryl methyl sites for hydroxylation is 1. The van der Waals surface area contributed by atoms with Gasteiger partial charge in [0.15, 0.2) is 0 Å². The van der Waals surface area contributed by atoms with Crippen molar-refractivity contribution < 1.29 is 9.53 Å². The minimum atomic E-state index is -0.188. The van der Waals surface area contributed by atoms with Gasteiger partial charge in [0.2, 0.25) is 5.91 Å². The fourth-order valence-corrected chi connectivity index (χ4v) is 2.65. The van der Waals surface area contributed by atoms with Gasteiger partial charge in [-0.15, -0.1) is 0 Å². The first-order valence-corrected chi connectivity index (χ1v) is 7.45. The van der Waals surface area contributed by atoms with E-state index < -0.39 is 0 Å². The summed E-state index contributed by atoms with van der Waals surface area (Å²) in [6, 6.07) is 7.89. The Morgan fingerprint density at radius 3 is 2.86 bits per heavy atom. The first kappa shape index (κ1) is 15.9. The number of hydrogen-bond donors (Lipinski definition) is 3. The van der Waals surface area contributed by atoms with Crippen LogP contribution in [0.5, 0.6) is 0 Å². The zero-order chi connectivity index (χ0) is 15.2. The highest BCUT2D eigenvalue weighted by atomic mass is 16.5. The van der Waals surface area contributed by atoms with Crippen molar-refractivity contribution in [2.24, 2.45) is 11.7 Å². The van der Waals surface area contributed by atoms with Crippen LogP contribution in [0, 0.1) is 12.8 Å². The number of benzene rings is 1. The van der Waals surface area contributed by atoms with E-state index >= 15 is 0 Å². The minimum Gasteiger partial charge on any atom is -0.381 e. The Balaban J connectivity index is 1.86. The van der Waals surface area contributed by atoms with Crippen LogP contribution in [0.25, 0.3) is 0 Å². The van der Waals surface area contributed by atoms with Gasteiger partial charge in [-0.1, -0.05) is 29.8 Å². The van der Waals surface area contributed by atoms with Gasteiger partial charge < -0.3 is 21.1 Å². The number of hydrogen-bond acceptors (Lipinski definition) is 4. The molecule has 0 aromatic heterocycles. The second kappa shape index (κ2) is 7.54. The molecule has 3 unspecified atom stereocenters. The molecule has 4 N–H and O–H groups in total. The molecular weight excluding hydrogens is 266 g/mol. The van der Waals surface area contributed by atoms with E-state index in [1.54, 1.807) is 7.11 Å². The second-order valence-corrected chi connectivity index (χ2v) is 5.64. The maximum atomic E-state index is 12.3. The average molecular weight is 291 g/mol. The summed E-state index contributed by atoms with van der Waals surface area (Å²) in [5.74, 6) is -0.134. The Kier molecular flexibility index (Phi) is 5.73. The lowest BCUT2D eigenvalue weighted by Crippen LogP contribution is -2.49. The molecule has 1 aliphatic rings. The van der Waals surface area contributed by atoms with Crippen molar-refractivity contribution in [3.8, 4) is 0 Å². The number of nitrogens with one attached hydrogen (secondary N) is 2. The van der Waals surface area contributed by atoms with Gasteiger partial charge in [-0.3, -0.25) is 4.79 Å². The topological polar surface area (TPSA) is 76.4 Å². The average Bonchev–Trinajstić information content (AvgIpc) is 2.52. The summed E-state index contributed by atoms with van der Waals surface area (Å²) in [6.07, 6.45) is 0.848. The number of ether oxygens (including phenoxy) is 1. The van der Waals surface area contributed by atoms with Crippen LogP contribution in [0.3, 0.4) is 0 Å². The SMILES string of the molecule is COC1CCNCC1C(=O)NCC(N)c1ccc(C)cc1. The standard InChI is InChI=1S/C16H25N3O2/c1-11-3-5-12(6-4-11)14(17)10-19-16(20)13-9-18-8-7-15(13)21-2/h3-6,13-15,18H,7-10,17H2,1-2H3,(H,19,20). The Morgan fingerprint density at radius 1 is 1.48 bits per heavy atom. The molecule has 1 aromatic carbocycles. The molecule has 1 saturated heterocycles. The molecule has 21 heavy (non-hydrogen) atoms. The lowest BCUT2D eigenvalue weighted by molar-refractivity contribution is -0.130. The molecule has 1 aromatic rings. The highest BCUT2D eigenvalue weighted by Gasteiger charge is 2.30. The van der Waals surface area contributed by atoms with Crippen LogP contribution in [0.1, 0.15) is 23.6 Å². The van der Waals surface area contributed by atoms with E-state index in [1.807, 2.05) is 31.2 Å². The summed E-state index contributed by atoms with van der Waals surface area (Å²) < 4.78 is 5.40. The summed E-state index contributed by atoms with van der Waals surface area (Å²) in [7, 11) is 1.66. The van der Waals surface area contributed by atoms with Crippen LogP contribution in [-0.2, 0) is 9.53 Å². The smallest absolute Gasteiger partial charge is 0.227 e. The van der Waals surface area contributed by atoms with E-state index in [2.05, 4.69) is 10.6 Å². The monoisotopic (exact) mass is 291 g/mol. The Morgan fingerprint density at radius 2 is 2.19 bits per heavy atom. The molecule has 3 atom stereocenters. The molecule has 5 nitrogen and oxygen atoms in total. The summed E-state index contributed by atoms with van der Waals surface area (Å²) in [5, 5.41) is 6.18. The molecular formula is C16H25N3O2. The third-order valence-electron chi connectivity index (χ3n) is 4.06. The largest absolute Gasteiger partial charge is 0.381 e. The zero-order valence-corrected chi connectivity index (χ0v) is 12.8. The van der Waals surface area contributed by atoms with Crippen molar-refractivity contribution in [2.45, 2.75) is 25.5 Å². The quantitative estimate of drug-likeness (QED) is 0.748. The van der Waals surface area contributed by atoms with Crippen LogP contribution in [0.4, 0.5) is 0 Å². The van der Waals surface area contributed by atoms with E-state index in [0.717, 1.165) is 18.5 Å².